The van der Waals surface area contributed by atoms with Gasteiger partial charge in [-0.15, -0.1) is 0 Å². The van der Waals surface area contributed by atoms with Crippen LogP contribution in [0.1, 0.15) is 30.4 Å². The number of hydrogen-bond donors (Lipinski definition) is 1. The van der Waals surface area contributed by atoms with Gasteiger partial charge in [0.15, 0.2) is 0 Å². The number of aryl methyl sites for hydroxylation is 1. The van der Waals surface area contributed by atoms with E-state index >= 15 is 0 Å². The minimum atomic E-state index is 0.563. The molecule has 1 aliphatic heterocycles. The first-order chi connectivity index (χ1) is 7.75. The zero-order valence-electron chi connectivity index (χ0n) is 10.2. The highest BCUT2D eigenvalue weighted by Crippen LogP contribution is 2.15. The molecule has 1 aromatic carbocycles. The van der Waals surface area contributed by atoms with Crippen LogP contribution in [0.2, 0.25) is 0 Å². The van der Waals surface area contributed by atoms with E-state index in [1.54, 1.807) is 0 Å². The Hall–Kier alpha value is -0.860. The molecule has 2 unspecified atom stereocenters. The van der Waals surface area contributed by atoms with Crippen LogP contribution in [-0.2, 0) is 4.74 Å². The molecule has 1 heterocycles. The lowest BCUT2D eigenvalue weighted by molar-refractivity contribution is 0.190. The van der Waals surface area contributed by atoms with Gasteiger partial charge < -0.3 is 10.1 Å². The zero-order valence-corrected chi connectivity index (χ0v) is 10.2. The first-order valence-corrected chi connectivity index (χ1v) is 6.13. The Morgan fingerprint density at radius 1 is 1.38 bits per heavy atom. The highest BCUT2D eigenvalue weighted by Gasteiger charge is 2.15. The minimum Gasteiger partial charge on any atom is -0.380 e. The maximum atomic E-state index is 5.35. The molecule has 1 aromatic rings. The summed E-state index contributed by atoms with van der Waals surface area (Å²) >= 11 is 0. The van der Waals surface area contributed by atoms with Gasteiger partial charge in [0.1, 0.15) is 0 Å². The summed E-state index contributed by atoms with van der Waals surface area (Å²) in [7, 11) is 0. The highest BCUT2D eigenvalue weighted by atomic mass is 16.5. The molecule has 2 heteroatoms. The Labute approximate surface area is 98.0 Å². The Bertz CT molecular complexity index is 314. The third kappa shape index (κ3) is 3.06. The first kappa shape index (κ1) is 11.6. The average molecular weight is 219 g/mol. The second-order valence-electron chi connectivity index (χ2n) is 4.78. The molecular weight excluding hydrogens is 198 g/mol. The van der Waals surface area contributed by atoms with Crippen molar-refractivity contribution >= 4 is 0 Å². The Balaban J connectivity index is 1.82. The van der Waals surface area contributed by atoms with E-state index in [9.17, 15) is 0 Å². The molecule has 1 aliphatic rings. The van der Waals surface area contributed by atoms with Crippen molar-refractivity contribution in [2.45, 2.75) is 32.2 Å². The molecule has 0 radical (unpaired) electrons. The van der Waals surface area contributed by atoms with Crippen molar-refractivity contribution in [3.8, 4) is 0 Å². The van der Waals surface area contributed by atoms with Crippen LogP contribution in [-0.4, -0.2) is 25.8 Å². The molecule has 0 aliphatic carbocycles. The third-order valence-electron chi connectivity index (χ3n) is 3.29. The van der Waals surface area contributed by atoms with Gasteiger partial charge in [-0.05, 0) is 24.8 Å². The Morgan fingerprint density at radius 3 is 2.75 bits per heavy atom. The molecule has 1 saturated heterocycles. The molecule has 0 bridgehead atoms. The van der Waals surface area contributed by atoms with Gasteiger partial charge in [-0.3, -0.25) is 0 Å². The monoisotopic (exact) mass is 219 g/mol. The van der Waals surface area contributed by atoms with Crippen molar-refractivity contribution in [2.24, 2.45) is 0 Å². The molecule has 2 nitrogen and oxygen atoms in total. The van der Waals surface area contributed by atoms with E-state index in [1.165, 1.54) is 11.1 Å². The summed E-state index contributed by atoms with van der Waals surface area (Å²) in [6.07, 6.45) is 1.15. The van der Waals surface area contributed by atoms with Crippen LogP contribution in [0, 0.1) is 6.92 Å². The lowest BCUT2D eigenvalue weighted by Gasteiger charge is -2.16. The van der Waals surface area contributed by atoms with Crippen molar-refractivity contribution in [1.82, 2.24) is 5.32 Å². The summed E-state index contributed by atoms with van der Waals surface area (Å²) in [4.78, 5) is 0. The molecular formula is C14H21NO. The largest absolute Gasteiger partial charge is 0.380 e. The first-order valence-electron chi connectivity index (χ1n) is 6.13. The highest BCUT2D eigenvalue weighted by molar-refractivity contribution is 5.24. The van der Waals surface area contributed by atoms with Crippen molar-refractivity contribution in [3.05, 3.63) is 35.4 Å². The van der Waals surface area contributed by atoms with E-state index in [0.717, 1.165) is 26.2 Å². The summed E-state index contributed by atoms with van der Waals surface area (Å²) in [5, 5.41) is 3.57. The van der Waals surface area contributed by atoms with Crippen LogP contribution < -0.4 is 5.32 Å². The Morgan fingerprint density at radius 2 is 2.12 bits per heavy atom. The van der Waals surface area contributed by atoms with E-state index in [1.807, 2.05) is 0 Å². The number of benzene rings is 1. The molecule has 0 spiro atoms. The van der Waals surface area contributed by atoms with Crippen molar-refractivity contribution in [2.75, 3.05) is 19.8 Å². The van der Waals surface area contributed by atoms with Crippen LogP contribution in [0.3, 0.4) is 0 Å². The van der Waals surface area contributed by atoms with E-state index in [0.29, 0.717) is 12.0 Å². The molecule has 0 saturated carbocycles. The molecule has 0 amide bonds. The predicted octanol–water partition coefficient (Wildman–Crippen LogP) is 2.48. The van der Waals surface area contributed by atoms with E-state index in [-0.39, 0.29) is 0 Å². The van der Waals surface area contributed by atoms with Gasteiger partial charge in [0, 0.05) is 19.2 Å². The van der Waals surface area contributed by atoms with Gasteiger partial charge >= 0.3 is 0 Å². The van der Waals surface area contributed by atoms with Crippen molar-refractivity contribution in [1.29, 1.82) is 0 Å². The molecule has 0 aromatic heterocycles. The van der Waals surface area contributed by atoms with Crippen LogP contribution in [0.5, 0.6) is 0 Å². The van der Waals surface area contributed by atoms with Crippen LogP contribution in [0.25, 0.3) is 0 Å². The average Bonchev–Trinajstić information content (AvgIpc) is 2.80. The van der Waals surface area contributed by atoms with E-state index in [2.05, 4.69) is 43.4 Å². The summed E-state index contributed by atoms with van der Waals surface area (Å²) < 4.78 is 5.35. The predicted molar refractivity (Wildman–Crippen MR) is 66.8 cm³/mol. The second-order valence-corrected chi connectivity index (χ2v) is 4.78. The fourth-order valence-electron chi connectivity index (χ4n) is 2.05. The van der Waals surface area contributed by atoms with Crippen molar-refractivity contribution in [3.63, 3.8) is 0 Å². The lowest BCUT2D eigenvalue weighted by Crippen LogP contribution is -2.32. The number of ether oxygens (including phenoxy) is 1. The van der Waals surface area contributed by atoms with Gasteiger partial charge in [0.2, 0.25) is 0 Å². The van der Waals surface area contributed by atoms with Crippen LogP contribution >= 0.6 is 0 Å². The summed E-state index contributed by atoms with van der Waals surface area (Å²) in [6.45, 7) is 7.23. The molecule has 16 heavy (non-hydrogen) atoms. The SMILES string of the molecule is Cc1ccc(C(C)CNC2CCOC2)cc1. The van der Waals surface area contributed by atoms with Gasteiger partial charge in [-0.1, -0.05) is 36.8 Å². The van der Waals surface area contributed by atoms with E-state index in [4.69, 9.17) is 4.74 Å². The lowest BCUT2D eigenvalue weighted by atomic mass is 10.00. The van der Waals surface area contributed by atoms with Gasteiger partial charge in [0.05, 0.1) is 6.61 Å². The maximum Gasteiger partial charge on any atom is 0.0620 e. The fraction of sp³-hybridized carbons (Fsp3) is 0.571. The summed E-state index contributed by atoms with van der Waals surface area (Å²) in [5.41, 5.74) is 2.74. The third-order valence-corrected chi connectivity index (χ3v) is 3.29. The minimum absolute atomic E-state index is 0.563. The number of rotatable bonds is 4. The topological polar surface area (TPSA) is 21.3 Å². The number of nitrogens with one attached hydrogen (secondary N) is 1. The van der Waals surface area contributed by atoms with Crippen molar-refractivity contribution < 1.29 is 4.74 Å². The van der Waals surface area contributed by atoms with E-state index < -0.39 is 0 Å². The maximum absolute atomic E-state index is 5.35. The Kier molecular flexibility index (Phi) is 3.97. The van der Waals surface area contributed by atoms with Gasteiger partial charge in [-0.25, -0.2) is 0 Å². The summed E-state index contributed by atoms with van der Waals surface area (Å²) in [5.74, 6) is 0.571. The standard InChI is InChI=1S/C14H21NO/c1-11-3-5-13(6-4-11)12(2)9-15-14-7-8-16-10-14/h3-6,12,14-15H,7-10H2,1-2H3. The quantitative estimate of drug-likeness (QED) is 0.840. The normalized spacial score (nSPS) is 22.2. The molecule has 1 N–H and O–H groups in total. The van der Waals surface area contributed by atoms with Crippen LogP contribution in [0.4, 0.5) is 0 Å². The molecule has 1 fully saturated rings. The van der Waals surface area contributed by atoms with Gasteiger partial charge in [0.25, 0.3) is 0 Å². The molecule has 2 rings (SSSR count). The zero-order chi connectivity index (χ0) is 11.4. The molecule has 88 valence electrons. The fourth-order valence-corrected chi connectivity index (χ4v) is 2.05. The van der Waals surface area contributed by atoms with Crippen LogP contribution in [0.15, 0.2) is 24.3 Å². The number of hydrogen-bond acceptors (Lipinski definition) is 2. The smallest absolute Gasteiger partial charge is 0.0620 e. The summed E-state index contributed by atoms with van der Waals surface area (Å²) in [6, 6.07) is 9.39. The second kappa shape index (κ2) is 5.46. The van der Waals surface area contributed by atoms with Gasteiger partial charge in [-0.2, -0.15) is 0 Å². The molecule has 2 atom stereocenters.